The second-order valence-electron chi connectivity index (χ2n) is 12.4. The van der Waals surface area contributed by atoms with Crippen molar-refractivity contribution < 1.29 is 38.4 Å². The van der Waals surface area contributed by atoms with Crippen LogP contribution in [0.1, 0.15) is 72.0 Å². The molecule has 0 radical (unpaired) electrons. The minimum absolute atomic E-state index is 0.0899. The number of rotatable bonds is 1. The summed E-state index contributed by atoms with van der Waals surface area (Å²) in [5.74, 6) is -1.31. The first-order valence-corrected chi connectivity index (χ1v) is 12.3. The van der Waals surface area contributed by atoms with Crippen molar-refractivity contribution in [2.75, 3.05) is 0 Å². The summed E-state index contributed by atoms with van der Waals surface area (Å²) in [6.45, 7) is 9.87. The Labute approximate surface area is 198 Å². The lowest BCUT2D eigenvalue weighted by Crippen LogP contribution is -2.73. The molecule has 5 aliphatic rings. The van der Waals surface area contributed by atoms with Gasteiger partial charge in [-0.3, -0.25) is 4.79 Å². The zero-order valence-electron chi connectivity index (χ0n) is 20.4. The summed E-state index contributed by atoms with van der Waals surface area (Å²) >= 11 is 0. The van der Waals surface area contributed by atoms with E-state index < -0.39 is 63.8 Å². The van der Waals surface area contributed by atoms with E-state index in [1.165, 1.54) is 0 Å². The van der Waals surface area contributed by atoms with E-state index >= 15 is 0 Å². The average molecular weight is 475 g/mol. The normalized spacial score (nSPS) is 53.3. The lowest BCUT2D eigenvalue weighted by atomic mass is 9.36. The Bertz CT molecular complexity index is 1050. The fourth-order valence-electron chi connectivity index (χ4n) is 9.19. The molecule has 1 spiro atoms. The van der Waals surface area contributed by atoms with Crippen LogP contribution in [-0.2, 0) is 23.8 Å². The topological polar surface area (TPSA) is 119 Å². The maximum atomic E-state index is 13.1. The maximum Gasteiger partial charge on any atom is 0.339 e. The molecule has 3 saturated heterocycles. The molecular formula is C26H34O8. The van der Waals surface area contributed by atoms with Crippen LogP contribution in [0.2, 0.25) is 0 Å². The number of fused-ring (bicyclic) bond motifs is 3. The standard InChI is InChI=1S/C26H34O8/c1-22(2)15-10-17(28)25(5)14(24(15,4)16(27)11-18(29)33-22)6-8-23(3)19(13-7-9-31-12-13)32-21(30)20-26(23,25)34-20/h7,9,12,14-17,19-20,27-28H,6,8,10-11H2,1-5H3. The number of furan rings is 1. The lowest BCUT2D eigenvalue weighted by molar-refractivity contribution is -0.272. The van der Waals surface area contributed by atoms with Crippen LogP contribution in [0.5, 0.6) is 0 Å². The molecule has 0 amide bonds. The molecule has 0 bridgehead atoms. The summed E-state index contributed by atoms with van der Waals surface area (Å²) in [6.07, 6.45) is 1.68. The van der Waals surface area contributed by atoms with Crippen LogP contribution >= 0.6 is 0 Å². The van der Waals surface area contributed by atoms with Crippen LogP contribution in [0.3, 0.4) is 0 Å². The van der Waals surface area contributed by atoms with Gasteiger partial charge in [-0.25, -0.2) is 4.79 Å². The first-order valence-electron chi connectivity index (χ1n) is 12.3. The van der Waals surface area contributed by atoms with E-state index in [9.17, 15) is 19.8 Å². The van der Waals surface area contributed by atoms with Crippen molar-refractivity contribution in [3.63, 3.8) is 0 Å². The SMILES string of the molecule is CC1(C)OC(=O)CC(O)C2(C)C1CC(O)C1(C)C2CCC2(C)C(c3ccoc3)OC(=O)C3OC321. The first-order chi connectivity index (χ1) is 15.8. The molecule has 186 valence electrons. The van der Waals surface area contributed by atoms with Crippen LogP contribution < -0.4 is 0 Å². The molecule has 10 unspecified atom stereocenters. The van der Waals surface area contributed by atoms with Crippen molar-refractivity contribution in [2.45, 2.75) is 95.9 Å². The van der Waals surface area contributed by atoms with E-state index in [4.69, 9.17) is 18.6 Å². The molecule has 2 aliphatic carbocycles. The van der Waals surface area contributed by atoms with E-state index in [0.717, 1.165) is 5.56 Å². The largest absolute Gasteiger partial charge is 0.472 e. The zero-order valence-corrected chi connectivity index (χ0v) is 20.4. The molecule has 2 N–H and O–H groups in total. The number of ether oxygens (including phenoxy) is 3. The minimum atomic E-state index is -0.950. The summed E-state index contributed by atoms with van der Waals surface area (Å²) in [5, 5.41) is 23.3. The molecule has 5 fully saturated rings. The van der Waals surface area contributed by atoms with Gasteiger partial charge in [-0.05, 0) is 45.1 Å². The van der Waals surface area contributed by atoms with E-state index in [0.29, 0.717) is 19.3 Å². The predicted octanol–water partition coefficient (Wildman–Crippen LogP) is 2.91. The minimum Gasteiger partial charge on any atom is -0.472 e. The summed E-state index contributed by atoms with van der Waals surface area (Å²) < 4.78 is 23.4. The van der Waals surface area contributed by atoms with Crippen LogP contribution in [0.25, 0.3) is 0 Å². The molecule has 8 nitrogen and oxygen atoms in total. The Balaban J connectivity index is 1.52. The molecule has 0 aromatic carbocycles. The highest BCUT2D eigenvalue weighted by atomic mass is 16.7. The van der Waals surface area contributed by atoms with Gasteiger partial charge in [0.1, 0.15) is 17.3 Å². The number of hydrogen-bond donors (Lipinski definition) is 2. The third-order valence-corrected chi connectivity index (χ3v) is 10.8. The van der Waals surface area contributed by atoms with Crippen LogP contribution in [-0.4, -0.2) is 51.7 Å². The van der Waals surface area contributed by atoms with Gasteiger partial charge in [-0.15, -0.1) is 0 Å². The molecule has 4 heterocycles. The van der Waals surface area contributed by atoms with E-state index in [1.54, 1.807) is 12.5 Å². The number of carbonyl (C=O) groups is 2. The molecule has 8 heteroatoms. The third-order valence-electron chi connectivity index (χ3n) is 10.8. The summed E-state index contributed by atoms with van der Waals surface area (Å²) in [5.41, 5.74) is -3.18. The van der Waals surface area contributed by atoms with Gasteiger partial charge in [0.05, 0.1) is 31.2 Å². The highest BCUT2D eigenvalue weighted by molar-refractivity contribution is 5.82. The van der Waals surface area contributed by atoms with E-state index in [-0.39, 0.29) is 18.3 Å². The molecule has 10 atom stereocenters. The number of aliphatic hydroxyl groups is 2. The average Bonchev–Trinajstić information content (AvgIpc) is 3.33. The number of aliphatic hydroxyl groups excluding tert-OH is 2. The Morgan fingerprint density at radius 2 is 1.74 bits per heavy atom. The number of epoxide rings is 1. The van der Waals surface area contributed by atoms with Gasteiger partial charge in [0.2, 0.25) is 0 Å². The predicted molar refractivity (Wildman–Crippen MR) is 117 cm³/mol. The monoisotopic (exact) mass is 474 g/mol. The maximum absolute atomic E-state index is 13.1. The molecule has 3 aliphatic heterocycles. The van der Waals surface area contributed by atoms with Crippen LogP contribution in [0.4, 0.5) is 0 Å². The fraction of sp³-hybridized carbons (Fsp3) is 0.769. The van der Waals surface area contributed by atoms with Crippen molar-refractivity contribution in [1.29, 1.82) is 0 Å². The van der Waals surface area contributed by atoms with E-state index in [1.807, 2.05) is 33.8 Å². The number of cyclic esters (lactones) is 2. The Hall–Kier alpha value is -1.90. The molecule has 6 rings (SSSR count). The first kappa shape index (κ1) is 22.6. The van der Waals surface area contributed by atoms with Crippen molar-refractivity contribution >= 4 is 11.9 Å². The van der Waals surface area contributed by atoms with Crippen molar-refractivity contribution in [3.05, 3.63) is 24.2 Å². The quantitative estimate of drug-likeness (QED) is 0.471. The molecule has 34 heavy (non-hydrogen) atoms. The van der Waals surface area contributed by atoms with Gasteiger partial charge in [0, 0.05) is 27.7 Å². The smallest absolute Gasteiger partial charge is 0.339 e. The van der Waals surface area contributed by atoms with Crippen molar-refractivity contribution in [2.24, 2.45) is 28.1 Å². The second-order valence-corrected chi connectivity index (χ2v) is 12.4. The summed E-state index contributed by atoms with van der Waals surface area (Å²) in [6, 6.07) is 1.81. The Morgan fingerprint density at radius 3 is 2.41 bits per heavy atom. The van der Waals surface area contributed by atoms with Crippen molar-refractivity contribution in [1.82, 2.24) is 0 Å². The highest BCUT2D eigenvalue weighted by Crippen LogP contribution is 2.79. The summed E-state index contributed by atoms with van der Waals surface area (Å²) in [4.78, 5) is 25.7. The van der Waals surface area contributed by atoms with Crippen LogP contribution in [0, 0.1) is 28.1 Å². The van der Waals surface area contributed by atoms with Gasteiger partial charge in [0.15, 0.2) is 6.10 Å². The van der Waals surface area contributed by atoms with Gasteiger partial charge in [-0.1, -0.05) is 20.8 Å². The number of carbonyl (C=O) groups excluding carboxylic acids is 2. The number of hydrogen-bond acceptors (Lipinski definition) is 8. The van der Waals surface area contributed by atoms with E-state index in [2.05, 4.69) is 6.92 Å². The van der Waals surface area contributed by atoms with Crippen molar-refractivity contribution in [3.8, 4) is 0 Å². The van der Waals surface area contributed by atoms with Gasteiger partial charge >= 0.3 is 11.9 Å². The zero-order chi connectivity index (χ0) is 24.5. The lowest BCUT2D eigenvalue weighted by Gasteiger charge is -2.68. The van der Waals surface area contributed by atoms with Crippen LogP contribution in [0.15, 0.2) is 23.0 Å². The molecule has 1 aromatic rings. The molecule has 2 saturated carbocycles. The molecular weight excluding hydrogens is 440 g/mol. The van der Waals surface area contributed by atoms with Gasteiger partial charge in [0.25, 0.3) is 0 Å². The molecule has 1 aromatic heterocycles. The Morgan fingerprint density at radius 1 is 1.00 bits per heavy atom. The summed E-state index contributed by atoms with van der Waals surface area (Å²) in [7, 11) is 0. The van der Waals surface area contributed by atoms with Gasteiger partial charge in [-0.2, -0.15) is 0 Å². The Kier molecular flexibility index (Phi) is 4.28. The second kappa shape index (κ2) is 6.45. The third kappa shape index (κ3) is 2.31. The fourth-order valence-corrected chi connectivity index (χ4v) is 9.19. The number of esters is 2. The van der Waals surface area contributed by atoms with Gasteiger partial charge < -0.3 is 28.8 Å². The highest BCUT2D eigenvalue weighted by Gasteiger charge is 2.88.